The number of hydrogen-bond acceptors (Lipinski definition) is 6. The predicted molar refractivity (Wildman–Crippen MR) is 113 cm³/mol. The lowest BCUT2D eigenvalue weighted by Gasteiger charge is -2.23. The molecule has 164 valence electrons. The van der Waals surface area contributed by atoms with E-state index in [1.165, 1.54) is 30.1 Å². The van der Waals surface area contributed by atoms with Crippen LogP contribution < -0.4 is 0 Å². The van der Waals surface area contributed by atoms with E-state index in [2.05, 4.69) is 10.1 Å². The van der Waals surface area contributed by atoms with Crippen LogP contribution in [0.3, 0.4) is 0 Å². The van der Waals surface area contributed by atoms with E-state index in [1.807, 2.05) is 0 Å². The topological polar surface area (TPSA) is 96.6 Å². The fourth-order valence-corrected chi connectivity index (χ4v) is 3.64. The molecule has 0 saturated heterocycles. The minimum Gasteiger partial charge on any atom is -0.337 e. The van der Waals surface area contributed by atoms with Gasteiger partial charge in [0, 0.05) is 29.7 Å². The van der Waals surface area contributed by atoms with Gasteiger partial charge < -0.3 is 9.42 Å². The molecular formula is C20H20ClFN4O4S. The molecule has 0 N–H and O–H groups in total. The second-order valence-electron chi connectivity index (χ2n) is 6.89. The molecule has 0 fully saturated rings. The zero-order chi connectivity index (χ0) is 22.6. The molecule has 0 unspecified atom stereocenters. The van der Waals surface area contributed by atoms with E-state index in [0.717, 1.165) is 10.6 Å². The van der Waals surface area contributed by atoms with Gasteiger partial charge in [-0.15, -0.1) is 0 Å². The third-order valence-corrected chi connectivity index (χ3v) is 5.87. The molecule has 2 aromatic carbocycles. The molecule has 8 nitrogen and oxygen atoms in total. The molecule has 0 aliphatic rings. The minimum atomic E-state index is -3.76. The number of carbonyl (C=O) groups is 1. The number of nitrogens with zero attached hydrogens (tertiary/aromatic N) is 4. The number of likely N-dealkylation sites (N-methyl/N-ethyl adjacent to an activating group) is 1. The average molecular weight is 467 g/mol. The van der Waals surface area contributed by atoms with Crippen molar-refractivity contribution in [2.24, 2.45) is 0 Å². The lowest BCUT2D eigenvalue weighted by molar-refractivity contribution is -0.131. The first kappa shape index (κ1) is 22.9. The van der Waals surface area contributed by atoms with Gasteiger partial charge in [0.1, 0.15) is 5.82 Å². The largest absolute Gasteiger partial charge is 0.337 e. The Morgan fingerprint density at radius 1 is 1.16 bits per heavy atom. The number of benzene rings is 2. The third-order valence-electron chi connectivity index (χ3n) is 4.43. The molecular weight excluding hydrogens is 447 g/mol. The minimum absolute atomic E-state index is 0.0241. The van der Waals surface area contributed by atoms with Crippen LogP contribution in [0, 0.1) is 5.82 Å². The van der Waals surface area contributed by atoms with E-state index < -0.39 is 28.3 Å². The molecule has 0 atom stereocenters. The number of rotatable bonds is 8. The Balaban J connectivity index is 1.68. The molecule has 1 aromatic heterocycles. The van der Waals surface area contributed by atoms with Gasteiger partial charge in [-0.3, -0.25) is 4.79 Å². The second kappa shape index (κ2) is 9.54. The number of aromatic nitrogens is 2. The summed E-state index contributed by atoms with van der Waals surface area (Å²) in [7, 11) is -2.28. The predicted octanol–water partition coefficient (Wildman–Crippen LogP) is 2.95. The Kier molecular flexibility index (Phi) is 7.04. The molecule has 0 spiro atoms. The molecule has 0 saturated carbocycles. The molecule has 3 aromatic rings. The van der Waals surface area contributed by atoms with Crippen molar-refractivity contribution in [1.29, 1.82) is 0 Å². The van der Waals surface area contributed by atoms with Crippen LogP contribution in [-0.2, 0) is 27.9 Å². The van der Waals surface area contributed by atoms with E-state index in [4.69, 9.17) is 16.1 Å². The van der Waals surface area contributed by atoms with Gasteiger partial charge >= 0.3 is 0 Å². The van der Waals surface area contributed by atoms with Gasteiger partial charge in [-0.2, -0.15) is 9.29 Å². The summed E-state index contributed by atoms with van der Waals surface area (Å²) in [5.41, 5.74) is 0.830. The summed E-state index contributed by atoms with van der Waals surface area (Å²) < 4.78 is 44.3. The molecule has 0 aliphatic carbocycles. The maximum atomic E-state index is 13.9. The summed E-state index contributed by atoms with van der Waals surface area (Å²) in [6.07, 6.45) is 0.969. The van der Waals surface area contributed by atoms with Crippen LogP contribution in [0.25, 0.3) is 11.4 Å². The van der Waals surface area contributed by atoms with E-state index >= 15 is 0 Å². The summed E-state index contributed by atoms with van der Waals surface area (Å²) in [6.45, 7) is -0.743. The summed E-state index contributed by atoms with van der Waals surface area (Å²) in [6, 6.07) is 12.7. The van der Waals surface area contributed by atoms with E-state index in [1.54, 1.807) is 30.3 Å². The smallest absolute Gasteiger partial charge is 0.246 e. The van der Waals surface area contributed by atoms with Crippen LogP contribution in [0.4, 0.5) is 4.39 Å². The zero-order valence-corrected chi connectivity index (χ0v) is 18.4. The number of carbonyl (C=O) groups excluding carboxylic acids is 1. The van der Waals surface area contributed by atoms with Crippen LogP contribution in [-0.4, -0.2) is 53.5 Å². The van der Waals surface area contributed by atoms with Gasteiger partial charge in [-0.05, 0) is 18.2 Å². The van der Waals surface area contributed by atoms with Crippen LogP contribution in [0.1, 0.15) is 11.5 Å². The standard InChI is InChI=1S/C20H20ClFN4O4S/c1-25(12-18-23-20(24-30-18)14-7-5-8-16(21)10-14)19(27)13-26(31(2,28)29)11-15-6-3-4-9-17(15)22/h3-10H,11-13H2,1-2H3. The highest BCUT2D eigenvalue weighted by atomic mass is 35.5. The summed E-state index contributed by atoms with van der Waals surface area (Å²) in [5, 5.41) is 4.40. The van der Waals surface area contributed by atoms with E-state index in [9.17, 15) is 17.6 Å². The summed E-state index contributed by atoms with van der Waals surface area (Å²) >= 11 is 5.96. The van der Waals surface area contributed by atoms with Crippen molar-refractivity contribution < 1.29 is 22.1 Å². The fraction of sp³-hybridized carbons (Fsp3) is 0.250. The van der Waals surface area contributed by atoms with Crippen molar-refractivity contribution in [2.75, 3.05) is 19.8 Å². The Labute approximate surface area is 184 Å². The quantitative estimate of drug-likeness (QED) is 0.506. The molecule has 0 bridgehead atoms. The lowest BCUT2D eigenvalue weighted by atomic mass is 10.2. The van der Waals surface area contributed by atoms with Crippen molar-refractivity contribution in [3.05, 3.63) is 70.8 Å². The van der Waals surface area contributed by atoms with Crippen LogP contribution in [0.15, 0.2) is 53.1 Å². The first-order valence-electron chi connectivity index (χ1n) is 9.14. The first-order valence-corrected chi connectivity index (χ1v) is 11.4. The van der Waals surface area contributed by atoms with Gasteiger partial charge in [0.05, 0.1) is 19.3 Å². The SMILES string of the molecule is CN(Cc1nc(-c2cccc(Cl)c2)no1)C(=O)CN(Cc1ccccc1F)S(C)(=O)=O. The zero-order valence-electron chi connectivity index (χ0n) is 16.8. The van der Waals surface area contributed by atoms with E-state index in [-0.39, 0.29) is 24.5 Å². The maximum absolute atomic E-state index is 13.9. The maximum Gasteiger partial charge on any atom is 0.246 e. The average Bonchev–Trinajstić information content (AvgIpc) is 3.16. The van der Waals surface area contributed by atoms with Gasteiger partial charge in [0.15, 0.2) is 0 Å². The molecule has 0 aliphatic heterocycles. The fourth-order valence-electron chi connectivity index (χ4n) is 2.73. The highest BCUT2D eigenvalue weighted by molar-refractivity contribution is 7.88. The monoisotopic (exact) mass is 466 g/mol. The van der Waals surface area contributed by atoms with Crippen molar-refractivity contribution in [2.45, 2.75) is 13.1 Å². The number of amides is 1. The van der Waals surface area contributed by atoms with Gasteiger partial charge in [-0.1, -0.05) is 47.1 Å². The van der Waals surface area contributed by atoms with Gasteiger partial charge in [-0.25, -0.2) is 12.8 Å². The summed E-state index contributed by atoms with van der Waals surface area (Å²) in [4.78, 5) is 18.1. The molecule has 31 heavy (non-hydrogen) atoms. The van der Waals surface area contributed by atoms with Crippen molar-refractivity contribution >= 4 is 27.5 Å². The molecule has 1 heterocycles. The normalized spacial score (nSPS) is 11.6. The Morgan fingerprint density at radius 3 is 2.58 bits per heavy atom. The molecule has 1 amide bonds. The van der Waals surface area contributed by atoms with Gasteiger partial charge in [0.25, 0.3) is 0 Å². The number of halogens is 2. The second-order valence-corrected chi connectivity index (χ2v) is 9.31. The number of hydrogen-bond donors (Lipinski definition) is 0. The lowest BCUT2D eigenvalue weighted by Crippen LogP contribution is -2.40. The molecule has 0 radical (unpaired) electrons. The Morgan fingerprint density at radius 2 is 1.90 bits per heavy atom. The Hall–Kier alpha value is -2.82. The summed E-state index contributed by atoms with van der Waals surface area (Å²) in [5.74, 6) is -0.567. The van der Waals surface area contributed by atoms with Crippen molar-refractivity contribution in [3.8, 4) is 11.4 Å². The van der Waals surface area contributed by atoms with E-state index in [0.29, 0.717) is 16.4 Å². The van der Waals surface area contributed by atoms with Crippen molar-refractivity contribution in [1.82, 2.24) is 19.3 Å². The van der Waals surface area contributed by atoms with Gasteiger partial charge in [0.2, 0.25) is 27.6 Å². The first-order chi connectivity index (χ1) is 14.6. The third kappa shape index (κ3) is 6.09. The highest BCUT2D eigenvalue weighted by Gasteiger charge is 2.24. The molecule has 11 heteroatoms. The number of sulfonamides is 1. The molecule has 3 rings (SSSR count). The van der Waals surface area contributed by atoms with Crippen LogP contribution >= 0.6 is 11.6 Å². The van der Waals surface area contributed by atoms with Crippen LogP contribution in [0.2, 0.25) is 5.02 Å². The van der Waals surface area contributed by atoms with Crippen LogP contribution in [0.5, 0.6) is 0 Å². The highest BCUT2D eigenvalue weighted by Crippen LogP contribution is 2.20. The Bertz CT molecular complexity index is 1190. The van der Waals surface area contributed by atoms with Crippen molar-refractivity contribution in [3.63, 3.8) is 0 Å².